The SMILES string of the molecule is CS(=O)(=O)N1CCCC1C(=O)NCC1COc2ccccc2C1. The molecule has 1 amide bonds. The van der Waals surface area contributed by atoms with Crippen molar-refractivity contribution in [3.05, 3.63) is 29.8 Å². The zero-order valence-corrected chi connectivity index (χ0v) is 14.0. The zero-order chi connectivity index (χ0) is 16.4. The monoisotopic (exact) mass is 338 g/mol. The Kier molecular flexibility index (Phi) is 4.59. The third-order valence-electron chi connectivity index (χ3n) is 4.45. The van der Waals surface area contributed by atoms with Gasteiger partial charge in [-0.2, -0.15) is 4.31 Å². The maximum absolute atomic E-state index is 12.3. The molecule has 3 rings (SSSR count). The van der Waals surface area contributed by atoms with Crippen molar-refractivity contribution in [1.82, 2.24) is 9.62 Å². The van der Waals surface area contributed by atoms with E-state index in [1.165, 1.54) is 4.31 Å². The van der Waals surface area contributed by atoms with E-state index in [2.05, 4.69) is 5.32 Å². The van der Waals surface area contributed by atoms with Crippen LogP contribution in [0.25, 0.3) is 0 Å². The number of hydrogen-bond donors (Lipinski definition) is 1. The Morgan fingerprint density at radius 1 is 1.39 bits per heavy atom. The van der Waals surface area contributed by atoms with Crippen molar-refractivity contribution >= 4 is 15.9 Å². The maximum atomic E-state index is 12.3. The molecule has 2 aliphatic rings. The largest absolute Gasteiger partial charge is 0.493 e. The number of hydrogen-bond acceptors (Lipinski definition) is 4. The maximum Gasteiger partial charge on any atom is 0.238 e. The predicted molar refractivity (Wildman–Crippen MR) is 86.7 cm³/mol. The summed E-state index contributed by atoms with van der Waals surface area (Å²) in [5, 5.41) is 2.90. The fourth-order valence-corrected chi connectivity index (χ4v) is 4.41. The lowest BCUT2D eigenvalue weighted by atomic mass is 9.96. The summed E-state index contributed by atoms with van der Waals surface area (Å²) in [6.07, 6.45) is 3.33. The highest BCUT2D eigenvalue weighted by atomic mass is 32.2. The molecular formula is C16H22N2O4S. The van der Waals surface area contributed by atoms with Gasteiger partial charge in [-0.25, -0.2) is 8.42 Å². The van der Waals surface area contributed by atoms with Crippen LogP contribution in [0.15, 0.2) is 24.3 Å². The summed E-state index contributed by atoms with van der Waals surface area (Å²) >= 11 is 0. The van der Waals surface area contributed by atoms with Gasteiger partial charge < -0.3 is 10.1 Å². The van der Waals surface area contributed by atoms with Crippen LogP contribution in [-0.4, -0.2) is 50.6 Å². The average molecular weight is 338 g/mol. The molecule has 23 heavy (non-hydrogen) atoms. The first-order valence-corrected chi connectivity index (χ1v) is 9.75. The number of rotatable bonds is 4. The first kappa shape index (κ1) is 16.3. The predicted octanol–water partition coefficient (Wildman–Crippen LogP) is 0.778. The van der Waals surface area contributed by atoms with Crippen LogP contribution in [0.4, 0.5) is 0 Å². The molecular weight excluding hydrogens is 316 g/mol. The first-order chi connectivity index (χ1) is 10.9. The number of carbonyl (C=O) groups is 1. The first-order valence-electron chi connectivity index (χ1n) is 7.90. The molecule has 1 aromatic rings. The normalized spacial score (nSPS) is 24.7. The number of sulfonamides is 1. The van der Waals surface area contributed by atoms with E-state index in [0.717, 1.165) is 30.4 Å². The molecule has 7 heteroatoms. The van der Waals surface area contributed by atoms with Crippen LogP contribution >= 0.6 is 0 Å². The van der Waals surface area contributed by atoms with Crippen molar-refractivity contribution in [2.24, 2.45) is 5.92 Å². The minimum absolute atomic E-state index is 0.202. The van der Waals surface area contributed by atoms with Crippen LogP contribution in [0.3, 0.4) is 0 Å². The third-order valence-corrected chi connectivity index (χ3v) is 5.74. The fourth-order valence-electron chi connectivity index (χ4n) is 3.28. The summed E-state index contributed by atoms with van der Waals surface area (Å²) in [6, 6.07) is 7.34. The van der Waals surface area contributed by atoms with E-state index in [1.807, 2.05) is 24.3 Å². The van der Waals surface area contributed by atoms with Gasteiger partial charge in [-0.05, 0) is 30.9 Å². The lowest BCUT2D eigenvalue weighted by molar-refractivity contribution is -0.124. The van der Waals surface area contributed by atoms with Gasteiger partial charge in [0.25, 0.3) is 0 Å². The molecule has 0 aliphatic carbocycles. The molecule has 0 aromatic heterocycles. The number of ether oxygens (including phenoxy) is 1. The molecule has 2 heterocycles. The van der Waals surface area contributed by atoms with Gasteiger partial charge in [0, 0.05) is 19.0 Å². The zero-order valence-electron chi connectivity index (χ0n) is 13.2. The number of para-hydroxylation sites is 1. The van der Waals surface area contributed by atoms with Crippen LogP contribution in [-0.2, 0) is 21.2 Å². The Labute approximate surface area is 136 Å². The minimum Gasteiger partial charge on any atom is -0.493 e. The standard InChI is InChI=1S/C16H22N2O4S/c1-23(20,21)18-8-4-6-14(18)16(19)17-10-12-9-13-5-2-3-7-15(13)22-11-12/h2-3,5,7,12,14H,4,6,8-11H2,1H3,(H,17,19). The highest BCUT2D eigenvalue weighted by Gasteiger charge is 2.36. The van der Waals surface area contributed by atoms with Gasteiger partial charge in [0.05, 0.1) is 12.9 Å². The molecule has 6 nitrogen and oxygen atoms in total. The van der Waals surface area contributed by atoms with E-state index in [9.17, 15) is 13.2 Å². The van der Waals surface area contributed by atoms with Crippen molar-refractivity contribution in [1.29, 1.82) is 0 Å². The number of nitrogens with one attached hydrogen (secondary N) is 1. The van der Waals surface area contributed by atoms with Crippen LogP contribution in [0.5, 0.6) is 5.75 Å². The number of fused-ring (bicyclic) bond motifs is 1. The van der Waals surface area contributed by atoms with Gasteiger partial charge in [0.1, 0.15) is 11.8 Å². The van der Waals surface area contributed by atoms with E-state index in [1.54, 1.807) is 0 Å². The topological polar surface area (TPSA) is 75.7 Å². The summed E-state index contributed by atoms with van der Waals surface area (Å²) in [5.74, 6) is 0.919. The number of amides is 1. The third kappa shape index (κ3) is 3.67. The van der Waals surface area contributed by atoms with Crippen molar-refractivity contribution in [2.75, 3.05) is 26.0 Å². The molecule has 1 saturated heterocycles. The highest BCUT2D eigenvalue weighted by molar-refractivity contribution is 7.88. The Balaban J connectivity index is 1.56. The van der Waals surface area contributed by atoms with E-state index in [4.69, 9.17) is 4.74 Å². The Morgan fingerprint density at radius 2 is 2.17 bits per heavy atom. The smallest absolute Gasteiger partial charge is 0.238 e. The Morgan fingerprint density at radius 3 is 2.96 bits per heavy atom. The van der Waals surface area contributed by atoms with Crippen molar-refractivity contribution in [2.45, 2.75) is 25.3 Å². The summed E-state index contributed by atoms with van der Waals surface area (Å²) in [4.78, 5) is 12.3. The number of benzene rings is 1. The average Bonchev–Trinajstić information content (AvgIpc) is 3.02. The Hall–Kier alpha value is -1.60. The van der Waals surface area contributed by atoms with E-state index < -0.39 is 16.1 Å². The molecule has 2 unspecified atom stereocenters. The van der Waals surface area contributed by atoms with Gasteiger partial charge in [-0.15, -0.1) is 0 Å². The van der Waals surface area contributed by atoms with Crippen LogP contribution in [0.2, 0.25) is 0 Å². The highest BCUT2D eigenvalue weighted by Crippen LogP contribution is 2.26. The molecule has 0 radical (unpaired) electrons. The summed E-state index contributed by atoms with van der Waals surface area (Å²) < 4.78 is 30.4. The summed E-state index contributed by atoms with van der Waals surface area (Å²) in [5.41, 5.74) is 1.15. The van der Waals surface area contributed by atoms with Gasteiger partial charge in [0.2, 0.25) is 15.9 Å². The summed E-state index contributed by atoms with van der Waals surface area (Å²) in [6.45, 7) is 1.50. The van der Waals surface area contributed by atoms with Crippen molar-refractivity contribution in [3.8, 4) is 5.75 Å². The van der Waals surface area contributed by atoms with Gasteiger partial charge in [0.15, 0.2) is 0 Å². The second-order valence-electron chi connectivity index (χ2n) is 6.27. The number of nitrogens with zero attached hydrogens (tertiary/aromatic N) is 1. The molecule has 126 valence electrons. The van der Waals surface area contributed by atoms with Crippen LogP contribution in [0, 0.1) is 5.92 Å². The molecule has 1 fully saturated rings. The second kappa shape index (κ2) is 6.49. The van der Waals surface area contributed by atoms with E-state index in [0.29, 0.717) is 26.1 Å². The van der Waals surface area contributed by atoms with E-state index in [-0.39, 0.29) is 11.8 Å². The van der Waals surface area contributed by atoms with E-state index >= 15 is 0 Å². The Bertz CT molecular complexity index is 689. The minimum atomic E-state index is -3.33. The lowest BCUT2D eigenvalue weighted by Gasteiger charge is -2.27. The van der Waals surface area contributed by atoms with Crippen molar-refractivity contribution in [3.63, 3.8) is 0 Å². The molecule has 1 N–H and O–H groups in total. The quantitative estimate of drug-likeness (QED) is 0.880. The number of carbonyl (C=O) groups excluding carboxylic acids is 1. The molecule has 1 aromatic carbocycles. The lowest BCUT2D eigenvalue weighted by Crippen LogP contribution is -2.47. The van der Waals surface area contributed by atoms with Gasteiger partial charge in [-0.1, -0.05) is 18.2 Å². The summed E-state index contributed by atoms with van der Waals surface area (Å²) in [7, 11) is -3.33. The molecule has 0 bridgehead atoms. The molecule has 2 aliphatic heterocycles. The molecule has 0 saturated carbocycles. The second-order valence-corrected chi connectivity index (χ2v) is 8.20. The van der Waals surface area contributed by atoms with Crippen molar-refractivity contribution < 1.29 is 17.9 Å². The molecule has 2 atom stereocenters. The molecule has 0 spiro atoms. The fraction of sp³-hybridized carbons (Fsp3) is 0.562. The van der Waals surface area contributed by atoms with Crippen LogP contribution < -0.4 is 10.1 Å². The van der Waals surface area contributed by atoms with Gasteiger partial charge in [-0.3, -0.25) is 4.79 Å². The van der Waals surface area contributed by atoms with Crippen LogP contribution in [0.1, 0.15) is 18.4 Å². The van der Waals surface area contributed by atoms with Gasteiger partial charge >= 0.3 is 0 Å².